The lowest BCUT2D eigenvalue weighted by molar-refractivity contribution is 0.00130. The Morgan fingerprint density at radius 2 is 1.83 bits per heavy atom. The van der Waals surface area contributed by atoms with Gasteiger partial charge in [0, 0.05) is 0 Å². The summed E-state index contributed by atoms with van der Waals surface area (Å²) in [6.45, 7) is 0.171. The minimum atomic E-state index is -1.20. The Kier molecular flexibility index (Phi) is 1.46. The number of hydrogen-bond donors (Lipinski definition) is 2. The molecule has 2 rings (SSSR count). The first kappa shape index (κ1) is 7.39. The summed E-state index contributed by atoms with van der Waals surface area (Å²) in [5.41, 5.74) is 11.0. The Hall–Kier alpha value is -1.26. The van der Waals surface area contributed by atoms with Gasteiger partial charge in [0.25, 0.3) is 0 Å². The van der Waals surface area contributed by atoms with Gasteiger partial charge < -0.3 is 9.47 Å². The fourth-order valence-electron chi connectivity index (χ4n) is 1.08. The van der Waals surface area contributed by atoms with Crippen molar-refractivity contribution in [3.63, 3.8) is 0 Å². The van der Waals surface area contributed by atoms with Crippen molar-refractivity contribution >= 4 is 0 Å². The average Bonchev–Trinajstić information content (AvgIpc) is 2.02. The first-order valence-corrected chi connectivity index (χ1v) is 3.66. The molecule has 1 aliphatic heterocycles. The van der Waals surface area contributed by atoms with E-state index in [1.54, 1.807) is 6.07 Å². The minimum Gasteiger partial charge on any atom is -0.482 e. The van der Waals surface area contributed by atoms with Gasteiger partial charge in [-0.05, 0) is 12.1 Å². The molecular weight excluding hydrogens is 156 g/mol. The molecule has 0 fully saturated rings. The Morgan fingerprint density at radius 3 is 2.58 bits per heavy atom. The van der Waals surface area contributed by atoms with E-state index in [0.717, 1.165) is 0 Å². The van der Waals surface area contributed by atoms with Gasteiger partial charge in [0.1, 0.15) is 0 Å². The van der Waals surface area contributed by atoms with Crippen LogP contribution in [-0.2, 0) is 0 Å². The van der Waals surface area contributed by atoms with E-state index < -0.39 is 5.85 Å². The predicted molar refractivity (Wildman–Crippen MR) is 43.7 cm³/mol. The quantitative estimate of drug-likeness (QED) is 0.533. The molecule has 0 aliphatic carbocycles. The molecule has 0 saturated carbocycles. The van der Waals surface area contributed by atoms with Crippen LogP contribution in [0.5, 0.6) is 11.5 Å². The largest absolute Gasteiger partial charge is 0.482 e. The first-order valence-electron chi connectivity index (χ1n) is 3.66. The zero-order chi connectivity index (χ0) is 8.60. The monoisotopic (exact) mass is 166 g/mol. The Bertz CT molecular complexity index is 299. The van der Waals surface area contributed by atoms with Crippen LogP contribution in [0.3, 0.4) is 0 Å². The molecule has 0 amide bonds. The van der Waals surface area contributed by atoms with E-state index in [-0.39, 0.29) is 6.61 Å². The van der Waals surface area contributed by atoms with Crippen molar-refractivity contribution in [1.82, 2.24) is 0 Å². The molecule has 0 unspecified atom stereocenters. The number of nitrogens with two attached hydrogens (primary N) is 2. The average molecular weight is 166 g/mol. The minimum absolute atomic E-state index is 0.171. The third-order valence-electron chi connectivity index (χ3n) is 1.60. The van der Waals surface area contributed by atoms with Crippen LogP contribution in [0.1, 0.15) is 0 Å². The lowest BCUT2D eigenvalue weighted by Crippen LogP contribution is -2.60. The van der Waals surface area contributed by atoms with Gasteiger partial charge in [-0.25, -0.2) is 0 Å². The van der Waals surface area contributed by atoms with Crippen LogP contribution in [0.15, 0.2) is 24.3 Å². The second kappa shape index (κ2) is 2.36. The van der Waals surface area contributed by atoms with Gasteiger partial charge in [0.15, 0.2) is 18.1 Å². The number of para-hydroxylation sites is 2. The number of rotatable bonds is 0. The Morgan fingerprint density at radius 1 is 1.17 bits per heavy atom. The molecule has 0 saturated heterocycles. The molecule has 4 nitrogen and oxygen atoms in total. The molecule has 0 bridgehead atoms. The second-order valence-electron chi connectivity index (χ2n) is 2.79. The number of fused-ring (bicyclic) bond motifs is 1. The van der Waals surface area contributed by atoms with Gasteiger partial charge in [-0.3, -0.25) is 11.5 Å². The lowest BCUT2D eigenvalue weighted by Gasteiger charge is -2.31. The molecule has 0 atom stereocenters. The standard InChI is InChI=1S/C8H10N2O2/c9-8(10)5-11-6-3-1-2-4-7(6)12-8/h1-4H,5,9-10H2. The van der Waals surface area contributed by atoms with E-state index in [1.807, 2.05) is 18.2 Å². The summed E-state index contributed by atoms with van der Waals surface area (Å²) in [6, 6.07) is 7.28. The molecule has 0 radical (unpaired) electrons. The van der Waals surface area contributed by atoms with Gasteiger partial charge in [0.2, 0.25) is 5.85 Å². The molecule has 64 valence electrons. The van der Waals surface area contributed by atoms with E-state index in [4.69, 9.17) is 20.9 Å². The van der Waals surface area contributed by atoms with Crippen LogP contribution >= 0.6 is 0 Å². The zero-order valence-electron chi connectivity index (χ0n) is 6.49. The Balaban J connectivity index is 2.35. The van der Waals surface area contributed by atoms with E-state index in [2.05, 4.69) is 0 Å². The highest BCUT2D eigenvalue weighted by Crippen LogP contribution is 2.31. The number of ether oxygens (including phenoxy) is 2. The SMILES string of the molecule is NC1(N)COc2ccccc2O1. The van der Waals surface area contributed by atoms with Crippen molar-refractivity contribution in [3.05, 3.63) is 24.3 Å². The van der Waals surface area contributed by atoms with Gasteiger partial charge in [-0.1, -0.05) is 12.1 Å². The molecule has 0 spiro atoms. The third kappa shape index (κ3) is 1.22. The van der Waals surface area contributed by atoms with Crippen LogP contribution in [0.4, 0.5) is 0 Å². The van der Waals surface area contributed by atoms with Crippen LogP contribution in [0.2, 0.25) is 0 Å². The van der Waals surface area contributed by atoms with Crippen molar-refractivity contribution in [2.75, 3.05) is 6.61 Å². The van der Waals surface area contributed by atoms with E-state index in [0.29, 0.717) is 11.5 Å². The molecular formula is C8H10N2O2. The molecule has 0 aromatic heterocycles. The summed E-state index contributed by atoms with van der Waals surface area (Å²) in [5.74, 6) is 0.0757. The lowest BCUT2D eigenvalue weighted by atomic mass is 10.3. The maximum absolute atomic E-state index is 5.52. The summed E-state index contributed by atoms with van der Waals surface area (Å²) >= 11 is 0. The maximum Gasteiger partial charge on any atom is 0.247 e. The highest BCUT2D eigenvalue weighted by Gasteiger charge is 2.28. The van der Waals surface area contributed by atoms with Crippen LogP contribution < -0.4 is 20.9 Å². The van der Waals surface area contributed by atoms with Crippen molar-refractivity contribution in [2.24, 2.45) is 11.5 Å². The van der Waals surface area contributed by atoms with E-state index in [9.17, 15) is 0 Å². The maximum atomic E-state index is 5.52. The third-order valence-corrected chi connectivity index (χ3v) is 1.60. The van der Waals surface area contributed by atoms with Gasteiger partial charge >= 0.3 is 0 Å². The van der Waals surface area contributed by atoms with Crippen LogP contribution in [0.25, 0.3) is 0 Å². The van der Waals surface area contributed by atoms with Crippen molar-refractivity contribution in [3.8, 4) is 11.5 Å². The van der Waals surface area contributed by atoms with Crippen LogP contribution in [-0.4, -0.2) is 12.5 Å². The van der Waals surface area contributed by atoms with Crippen molar-refractivity contribution in [1.29, 1.82) is 0 Å². The Labute approximate surface area is 70.1 Å². The van der Waals surface area contributed by atoms with Crippen molar-refractivity contribution < 1.29 is 9.47 Å². The van der Waals surface area contributed by atoms with Gasteiger partial charge in [-0.2, -0.15) is 0 Å². The summed E-state index contributed by atoms with van der Waals surface area (Å²) in [7, 11) is 0. The van der Waals surface area contributed by atoms with E-state index >= 15 is 0 Å². The molecule has 1 aromatic rings. The molecule has 1 heterocycles. The number of benzene rings is 1. The van der Waals surface area contributed by atoms with Crippen LogP contribution in [0, 0.1) is 0 Å². The molecule has 1 aromatic carbocycles. The fourth-order valence-corrected chi connectivity index (χ4v) is 1.08. The topological polar surface area (TPSA) is 70.5 Å². The summed E-state index contributed by atoms with van der Waals surface area (Å²) in [6.07, 6.45) is 0. The second-order valence-corrected chi connectivity index (χ2v) is 2.79. The molecule has 4 N–H and O–H groups in total. The molecule has 1 aliphatic rings. The van der Waals surface area contributed by atoms with Gasteiger partial charge in [-0.15, -0.1) is 0 Å². The normalized spacial score (nSPS) is 18.8. The fraction of sp³-hybridized carbons (Fsp3) is 0.250. The number of hydrogen-bond acceptors (Lipinski definition) is 4. The highest BCUT2D eigenvalue weighted by molar-refractivity contribution is 5.41. The van der Waals surface area contributed by atoms with Gasteiger partial charge in [0.05, 0.1) is 0 Å². The predicted octanol–water partition coefficient (Wildman–Crippen LogP) is 0.0290. The first-order chi connectivity index (χ1) is 5.67. The smallest absolute Gasteiger partial charge is 0.247 e. The summed E-state index contributed by atoms with van der Waals surface area (Å²) in [4.78, 5) is 0. The van der Waals surface area contributed by atoms with E-state index in [1.165, 1.54) is 0 Å². The zero-order valence-corrected chi connectivity index (χ0v) is 6.49. The summed E-state index contributed by atoms with van der Waals surface area (Å²) in [5, 5.41) is 0. The highest BCUT2D eigenvalue weighted by atomic mass is 16.6. The molecule has 4 heteroatoms. The molecule has 12 heavy (non-hydrogen) atoms. The van der Waals surface area contributed by atoms with Crippen molar-refractivity contribution in [2.45, 2.75) is 5.85 Å². The summed E-state index contributed by atoms with van der Waals surface area (Å²) < 4.78 is 10.5.